The molecule has 1 fully saturated rings. The molecule has 1 amide bonds. The van der Waals surface area contributed by atoms with Crippen LogP contribution >= 0.6 is 11.8 Å². The average Bonchev–Trinajstić information content (AvgIpc) is 2.84. The Kier molecular flexibility index (Phi) is 5.07. The van der Waals surface area contributed by atoms with Crippen molar-refractivity contribution in [1.82, 2.24) is 9.47 Å². The molecule has 27 heavy (non-hydrogen) atoms. The molecule has 6 heteroatoms. The summed E-state index contributed by atoms with van der Waals surface area (Å²) in [4.78, 5) is 26.8. The summed E-state index contributed by atoms with van der Waals surface area (Å²) >= 11 is 1.91. The summed E-state index contributed by atoms with van der Waals surface area (Å²) < 4.78 is 6.66. The van der Waals surface area contributed by atoms with Crippen LogP contribution in [0.15, 0.2) is 57.7 Å². The summed E-state index contributed by atoms with van der Waals surface area (Å²) in [6, 6.07) is 15.7. The van der Waals surface area contributed by atoms with Crippen LogP contribution in [0.5, 0.6) is 0 Å². The van der Waals surface area contributed by atoms with Crippen LogP contribution in [-0.2, 0) is 11.3 Å². The van der Waals surface area contributed by atoms with Gasteiger partial charge in [-0.2, -0.15) is 11.8 Å². The number of carbonyl (C=O) groups excluding carboxylic acids is 1. The summed E-state index contributed by atoms with van der Waals surface area (Å²) in [6.07, 6.45) is 0.919. The lowest BCUT2D eigenvalue weighted by Gasteiger charge is -2.20. The summed E-state index contributed by atoms with van der Waals surface area (Å²) in [7, 11) is 0. The SMILES string of the molecule is Cc1ccccc1[C@@H]1CCN(C(=O)Cn2c(=O)oc3ccccc32)CCS1. The molecule has 3 aromatic rings. The lowest BCUT2D eigenvalue weighted by Crippen LogP contribution is -2.37. The monoisotopic (exact) mass is 382 g/mol. The van der Waals surface area contributed by atoms with E-state index in [-0.39, 0.29) is 12.5 Å². The van der Waals surface area contributed by atoms with E-state index in [1.807, 2.05) is 28.8 Å². The fourth-order valence-corrected chi connectivity index (χ4v) is 4.94. The third-order valence-corrected chi connectivity index (χ3v) is 6.41. The van der Waals surface area contributed by atoms with Gasteiger partial charge in [0.2, 0.25) is 5.91 Å². The summed E-state index contributed by atoms with van der Waals surface area (Å²) in [6.45, 7) is 3.57. The van der Waals surface area contributed by atoms with E-state index in [0.717, 1.165) is 12.2 Å². The molecule has 0 N–H and O–H groups in total. The maximum Gasteiger partial charge on any atom is 0.420 e. The molecule has 1 aromatic heterocycles. The Balaban J connectivity index is 1.48. The Morgan fingerprint density at radius 1 is 1.15 bits per heavy atom. The fourth-order valence-electron chi connectivity index (χ4n) is 3.62. The normalized spacial score (nSPS) is 17.8. The Hall–Kier alpha value is -2.47. The molecule has 0 spiro atoms. The zero-order valence-electron chi connectivity index (χ0n) is 15.3. The number of hydrogen-bond donors (Lipinski definition) is 0. The Labute approximate surface area is 162 Å². The lowest BCUT2D eigenvalue weighted by atomic mass is 10.0. The molecule has 0 bridgehead atoms. The van der Waals surface area contributed by atoms with Gasteiger partial charge in [-0.1, -0.05) is 36.4 Å². The van der Waals surface area contributed by atoms with E-state index in [4.69, 9.17) is 4.42 Å². The number of aryl methyl sites for hydroxylation is 1. The maximum atomic E-state index is 12.8. The largest absolute Gasteiger partial charge is 0.420 e. The first-order valence-corrected chi connectivity index (χ1v) is 10.2. The van der Waals surface area contributed by atoms with Gasteiger partial charge >= 0.3 is 5.76 Å². The zero-order chi connectivity index (χ0) is 18.8. The van der Waals surface area contributed by atoms with E-state index in [0.29, 0.717) is 29.4 Å². The number of para-hydroxylation sites is 2. The number of oxazole rings is 1. The van der Waals surface area contributed by atoms with Crippen LogP contribution in [0.4, 0.5) is 0 Å². The lowest BCUT2D eigenvalue weighted by molar-refractivity contribution is -0.131. The predicted molar refractivity (Wildman–Crippen MR) is 108 cm³/mol. The van der Waals surface area contributed by atoms with Gasteiger partial charge in [-0.15, -0.1) is 0 Å². The number of amides is 1. The third kappa shape index (κ3) is 3.67. The van der Waals surface area contributed by atoms with Crippen molar-refractivity contribution < 1.29 is 9.21 Å². The molecule has 1 aliphatic heterocycles. The van der Waals surface area contributed by atoms with Crippen LogP contribution in [0.2, 0.25) is 0 Å². The van der Waals surface area contributed by atoms with Gasteiger partial charge in [0, 0.05) is 24.1 Å². The molecular weight excluding hydrogens is 360 g/mol. The quantitative estimate of drug-likeness (QED) is 0.694. The minimum atomic E-state index is -0.480. The average molecular weight is 382 g/mol. The molecule has 0 unspecified atom stereocenters. The van der Waals surface area contributed by atoms with Crippen LogP contribution in [0.3, 0.4) is 0 Å². The molecule has 4 rings (SSSR count). The van der Waals surface area contributed by atoms with Crippen LogP contribution in [-0.4, -0.2) is 34.2 Å². The Morgan fingerprint density at radius 2 is 1.93 bits per heavy atom. The first kappa shape index (κ1) is 17.9. The number of aromatic nitrogens is 1. The van der Waals surface area contributed by atoms with Crippen LogP contribution in [0, 0.1) is 6.92 Å². The van der Waals surface area contributed by atoms with Crippen molar-refractivity contribution in [3.05, 3.63) is 70.2 Å². The molecular formula is C21H22N2O3S. The van der Waals surface area contributed by atoms with E-state index in [1.54, 1.807) is 12.1 Å². The zero-order valence-corrected chi connectivity index (χ0v) is 16.1. The molecule has 0 radical (unpaired) electrons. The summed E-state index contributed by atoms with van der Waals surface area (Å²) in [5.41, 5.74) is 3.83. The topological polar surface area (TPSA) is 55.5 Å². The highest BCUT2D eigenvalue weighted by molar-refractivity contribution is 7.99. The number of fused-ring (bicyclic) bond motifs is 1. The van der Waals surface area contributed by atoms with Crippen LogP contribution < -0.4 is 5.76 Å². The van der Waals surface area contributed by atoms with E-state index < -0.39 is 5.76 Å². The number of rotatable bonds is 3. The van der Waals surface area contributed by atoms with Gasteiger partial charge in [-0.05, 0) is 36.6 Å². The highest BCUT2D eigenvalue weighted by atomic mass is 32.2. The van der Waals surface area contributed by atoms with Gasteiger partial charge in [0.25, 0.3) is 0 Å². The molecule has 5 nitrogen and oxygen atoms in total. The molecule has 1 aliphatic rings. The number of benzene rings is 2. The number of nitrogens with zero attached hydrogens (tertiary/aromatic N) is 2. The Morgan fingerprint density at radius 3 is 2.78 bits per heavy atom. The minimum Gasteiger partial charge on any atom is -0.408 e. The highest BCUT2D eigenvalue weighted by Gasteiger charge is 2.24. The third-order valence-electron chi connectivity index (χ3n) is 5.10. The molecule has 2 aromatic carbocycles. The number of carbonyl (C=O) groups is 1. The van der Waals surface area contributed by atoms with Gasteiger partial charge < -0.3 is 9.32 Å². The second-order valence-electron chi connectivity index (χ2n) is 6.81. The summed E-state index contributed by atoms with van der Waals surface area (Å²) in [5.74, 6) is 0.382. The molecule has 2 heterocycles. The highest BCUT2D eigenvalue weighted by Crippen LogP contribution is 2.35. The Bertz CT molecular complexity index is 1020. The smallest absolute Gasteiger partial charge is 0.408 e. The standard InChI is InChI=1S/C21H22N2O3S/c1-15-6-2-3-7-16(15)19-10-11-22(12-13-27-19)20(24)14-23-17-8-4-5-9-18(17)26-21(23)25/h2-9,19H,10-14H2,1H3/t19-/m0/s1. The van der Waals surface area contributed by atoms with Gasteiger partial charge in [-0.25, -0.2) is 4.79 Å². The second kappa shape index (κ2) is 7.64. The maximum absolute atomic E-state index is 12.8. The number of hydrogen-bond acceptors (Lipinski definition) is 4. The van der Waals surface area contributed by atoms with Gasteiger partial charge in [0.05, 0.1) is 5.52 Å². The van der Waals surface area contributed by atoms with Crippen molar-refractivity contribution in [2.45, 2.75) is 25.1 Å². The van der Waals surface area contributed by atoms with Crippen molar-refractivity contribution in [3.63, 3.8) is 0 Å². The van der Waals surface area contributed by atoms with Crippen molar-refractivity contribution >= 4 is 28.8 Å². The molecule has 0 aliphatic carbocycles. The van der Waals surface area contributed by atoms with Gasteiger partial charge in [-0.3, -0.25) is 9.36 Å². The minimum absolute atomic E-state index is 0.0234. The molecule has 140 valence electrons. The molecule has 1 saturated heterocycles. The molecule has 0 saturated carbocycles. The van der Waals surface area contributed by atoms with Crippen molar-refractivity contribution in [2.75, 3.05) is 18.8 Å². The van der Waals surface area contributed by atoms with Crippen LogP contribution in [0.1, 0.15) is 22.8 Å². The van der Waals surface area contributed by atoms with E-state index >= 15 is 0 Å². The first-order chi connectivity index (χ1) is 13.1. The number of thioether (sulfide) groups is 1. The van der Waals surface area contributed by atoms with Gasteiger partial charge in [0.15, 0.2) is 5.58 Å². The molecule has 1 atom stereocenters. The van der Waals surface area contributed by atoms with E-state index in [2.05, 4.69) is 31.2 Å². The van der Waals surface area contributed by atoms with Gasteiger partial charge in [0.1, 0.15) is 6.54 Å². The van der Waals surface area contributed by atoms with Crippen LogP contribution in [0.25, 0.3) is 11.1 Å². The fraction of sp³-hybridized carbons (Fsp3) is 0.333. The second-order valence-corrected chi connectivity index (χ2v) is 8.12. The van der Waals surface area contributed by atoms with Crippen molar-refractivity contribution in [3.8, 4) is 0 Å². The predicted octanol–water partition coefficient (Wildman–Crippen LogP) is 3.61. The van der Waals surface area contributed by atoms with Crippen molar-refractivity contribution in [2.24, 2.45) is 0 Å². The van der Waals surface area contributed by atoms with E-state index in [9.17, 15) is 9.59 Å². The first-order valence-electron chi connectivity index (χ1n) is 9.17. The summed E-state index contributed by atoms with van der Waals surface area (Å²) in [5, 5.41) is 0.404. The van der Waals surface area contributed by atoms with Crippen molar-refractivity contribution in [1.29, 1.82) is 0 Å². The van der Waals surface area contributed by atoms with E-state index in [1.165, 1.54) is 15.7 Å².